The molecule has 1 unspecified atom stereocenters. The molecule has 4 nitrogen and oxygen atoms in total. The van der Waals surface area contributed by atoms with Crippen molar-refractivity contribution in [3.8, 4) is 5.75 Å². The van der Waals surface area contributed by atoms with E-state index in [1.807, 2.05) is 30.3 Å². The summed E-state index contributed by atoms with van der Waals surface area (Å²) < 4.78 is 10.7. The predicted molar refractivity (Wildman–Crippen MR) is 140 cm³/mol. The van der Waals surface area contributed by atoms with E-state index in [-0.39, 0.29) is 5.97 Å². The van der Waals surface area contributed by atoms with E-state index in [2.05, 4.69) is 29.1 Å². The van der Waals surface area contributed by atoms with Crippen LogP contribution in [0.5, 0.6) is 5.75 Å². The zero-order valence-corrected chi connectivity index (χ0v) is 21.4. The first kappa shape index (κ1) is 29.2. The number of methoxy groups -OCH3 is 1. The van der Waals surface area contributed by atoms with Gasteiger partial charge >= 0.3 is 5.97 Å². The molecule has 0 aromatic heterocycles. The first-order valence-electron chi connectivity index (χ1n) is 13.4. The minimum Gasteiger partial charge on any atom is -0.493 e. The molecule has 0 fully saturated rings. The van der Waals surface area contributed by atoms with Gasteiger partial charge in [-0.3, -0.25) is 4.79 Å². The fraction of sp³-hybridized carbons (Fsp3) is 0.690. The Morgan fingerprint density at radius 1 is 0.879 bits per heavy atom. The molecule has 0 saturated carbocycles. The number of allylic oxidation sites excluding steroid dienone is 2. The maximum atomic E-state index is 11.2. The zero-order valence-electron chi connectivity index (χ0n) is 21.4. The van der Waals surface area contributed by atoms with Gasteiger partial charge in [0, 0.05) is 0 Å². The third kappa shape index (κ3) is 18.3. The Morgan fingerprint density at radius 3 is 2.21 bits per heavy atom. The molecule has 1 atom stereocenters. The average Bonchev–Trinajstić information content (AvgIpc) is 2.85. The number of hydrogen-bond acceptors (Lipinski definition) is 4. The highest BCUT2D eigenvalue weighted by molar-refractivity contribution is 5.71. The normalized spacial score (nSPS) is 12.2. The molecule has 188 valence electrons. The third-order valence-electron chi connectivity index (χ3n) is 6.07. The van der Waals surface area contributed by atoms with E-state index in [4.69, 9.17) is 4.74 Å². The maximum absolute atomic E-state index is 11.2. The molecule has 0 aliphatic carbocycles. The highest BCUT2D eigenvalue weighted by Gasteiger charge is 2.10. The van der Waals surface area contributed by atoms with Crippen molar-refractivity contribution in [2.24, 2.45) is 5.92 Å². The fourth-order valence-electron chi connectivity index (χ4n) is 3.96. The summed E-state index contributed by atoms with van der Waals surface area (Å²) in [6, 6.07) is 10.1. The van der Waals surface area contributed by atoms with Crippen LogP contribution in [0.15, 0.2) is 42.5 Å². The van der Waals surface area contributed by atoms with Crippen LogP contribution in [0.1, 0.15) is 96.8 Å². The van der Waals surface area contributed by atoms with Gasteiger partial charge in [-0.15, -0.1) is 0 Å². The second kappa shape index (κ2) is 22.0. The number of carbonyl (C=O) groups excluding carboxylic acids is 1. The van der Waals surface area contributed by atoms with E-state index in [0.717, 1.165) is 31.7 Å². The fourth-order valence-corrected chi connectivity index (χ4v) is 3.96. The SMILES string of the molecule is CCCCCCCC/C=C\CCCCC(CCCCNCC(=O)OC)COc1ccccc1. The number of rotatable bonds is 22. The van der Waals surface area contributed by atoms with Gasteiger partial charge in [-0.2, -0.15) is 0 Å². The summed E-state index contributed by atoms with van der Waals surface area (Å²) in [6.45, 7) is 4.20. The molecule has 1 aromatic carbocycles. The lowest BCUT2D eigenvalue weighted by Crippen LogP contribution is -2.24. The summed E-state index contributed by atoms with van der Waals surface area (Å²) in [6.07, 6.45) is 22.6. The molecule has 0 amide bonds. The van der Waals surface area contributed by atoms with Crippen molar-refractivity contribution >= 4 is 5.97 Å². The lowest BCUT2D eigenvalue weighted by molar-refractivity contribution is -0.139. The average molecular weight is 460 g/mol. The quantitative estimate of drug-likeness (QED) is 0.111. The van der Waals surface area contributed by atoms with Crippen molar-refractivity contribution in [2.75, 3.05) is 26.8 Å². The lowest BCUT2D eigenvalue weighted by Gasteiger charge is -2.18. The molecule has 0 bridgehead atoms. The van der Waals surface area contributed by atoms with E-state index >= 15 is 0 Å². The van der Waals surface area contributed by atoms with Gasteiger partial charge in [0.2, 0.25) is 0 Å². The van der Waals surface area contributed by atoms with Gasteiger partial charge in [-0.1, -0.05) is 82.2 Å². The van der Waals surface area contributed by atoms with Gasteiger partial charge < -0.3 is 14.8 Å². The molecule has 0 aliphatic heterocycles. The summed E-state index contributed by atoms with van der Waals surface area (Å²) in [7, 11) is 1.42. The number of hydrogen-bond donors (Lipinski definition) is 1. The van der Waals surface area contributed by atoms with Crippen molar-refractivity contribution in [3.05, 3.63) is 42.5 Å². The molecule has 0 aliphatic rings. The van der Waals surface area contributed by atoms with Crippen LogP contribution in [0, 0.1) is 5.92 Å². The standard InChI is InChI=1S/C29H49NO3/c1-3-4-5-6-7-8-9-10-11-12-13-15-20-27(26-33-28-22-16-14-17-23-28)21-18-19-24-30-25-29(31)32-2/h10-11,14,16-17,22-23,27,30H,3-9,12-13,15,18-21,24-26H2,1-2H3/b11-10-. The molecule has 0 spiro atoms. The topological polar surface area (TPSA) is 47.6 Å². The molecule has 1 N–H and O–H groups in total. The van der Waals surface area contributed by atoms with Gasteiger partial charge in [0.05, 0.1) is 20.3 Å². The first-order valence-corrected chi connectivity index (χ1v) is 13.4. The highest BCUT2D eigenvalue weighted by atomic mass is 16.5. The maximum Gasteiger partial charge on any atom is 0.319 e. The Balaban J connectivity index is 2.18. The number of benzene rings is 1. The van der Waals surface area contributed by atoms with Crippen molar-refractivity contribution in [1.29, 1.82) is 0 Å². The second-order valence-corrected chi connectivity index (χ2v) is 9.05. The van der Waals surface area contributed by atoms with Crippen LogP contribution in [-0.2, 0) is 9.53 Å². The summed E-state index contributed by atoms with van der Waals surface area (Å²) in [5.41, 5.74) is 0. The first-order chi connectivity index (χ1) is 16.3. The number of carbonyl (C=O) groups is 1. The monoisotopic (exact) mass is 459 g/mol. The highest BCUT2D eigenvalue weighted by Crippen LogP contribution is 2.19. The van der Waals surface area contributed by atoms with Gasteiger partial charge in [-0.05, 0) is 69.5 Å². The number of para-hydroxylation sites is 1. The Morgan fingerprint density at radius 2 is 1.52 bits per heavy atom. The van der Waals surface area contributed by atoms with Crippen molar-refractivity contribution < 1.29 is 14.3 Å². The zero-order chi connectivity index (χ0) is 23.8. The molecule has 0 saturated heterocycles. The van der Waals surface area contributed by atoms with Gasteiger partial charge in [0.1, 0.15) is 5.75 Å². The molecular weight excluding hydrogens is 410 g/mol. The number of nitrogens with one attached hydrogen (secondary N) is 1. The van der Waals surface area contributed by atoms with E-state index in [1.54, 1.807) is 0 Å². The molecule has 1 aromatic rings. The number of esters is 1. The predicted octanol–water partition coefficient (Wildman–Crippen LogP) is 7.48. The van der Waals surface area contributed by atoms with Crippen molar-refractivity contribution in [3.63, 3.8) is 0 Å². The minimum atomic E-state index is -0.204. The smallest absolute Gasteiger partial charge is 0.319 e. The Labute approximate surface area is 203 Å². The van der Waals surface area contributed by atoms with E-state index in [0.29, 0.717) is 12.5 Å². The molecule has 4 heteroatoms. The van der Waals surface area contributed by atoms with Crippen LogP contribution in [0.4, 0.5) is 0 Å². The van der Waals surface area contributed by atoms with Gasteiger partial charge in [-0.25, -0.2) is 0 Å². The molecule has 0 radical (unpaired) electrons. The minimum absolute atomic E-state index is 0.204. The third-order valence-corrected chi connectivity index (χ3v) is 6.07. The van der Waals surface area contributed by atoms with Crippen LogP contribution in [0.2, 0.25) is 0 Å². The Kier molecular flexibility index (Phi) is 19.5. The summed E-state index contributed by atoms with van der Waals surface area (Å²) in [5.74, 6) is 1.34. The van der Waals surface area contributed by atoms with E-state index in [9.17, 15) is 4.79 Å². The van der Waals surface area contributed by atoms with Crippen molar-refractivity contribution in [2.45, 2.75) is 96.8 Å². The Hall–Kier alpha value is -1.81. The van der Waals surface area contributed by atoms with Gasteiger partial charge in [0.25, 0.3) is 0 Å². The van der Waals surface area contributed by atoms with E-state index < -0.39 is 0 Å². The molecular formula is C29H49NO3. The molecule has 0 heterocycles. The number of ether oxygens (including phenoxy) is 2. The van der Waals surface area contributed by atoms with E-state index in [1.165, 1.54) is 84.2 Å². The van der Waals surface area contributed by atoms with Crippen LogP contribution >= 0.6 is 0 Å². The molecule has 33 heavy (non-hydrogen) atoms. The largest absolute Gasteiger partial charge is 0.493 e. The molecule has 1 rings (SSSR count). The van der Waals surface area contributed by atoms with Crippen LogP contribution in [0.3, 0.4) is 0 Å². The number of unbranched alkanes of at least 4 members (excludes halogenated alkanes) is 9. The summed E-state index contributed by atoms with van der Waals surface area (Å²) in [4.78, 5) is 11.2. The van der Waals surface area contributed by atoms with Crippen LogP contribution in [0.25, 0.3) is 0 Å². The van der Waals surface area contributed by atoms with Gasteiger partial charge in [0.15, 0.2) is 0 Å². The van der Waals surface area contributed by atoms with Crippen molar-refractivity contribution in [1.82, 2.24) is 5.32 Å². The van der Waals surface area contributed by atoms with Crippen LogP contribution in [-0.4, -0.2) is 32.8 Å². The summed E-state index contributed by atoms with van der Waals surface area (Å²) >= 11 is 0. The Bertz CT molecular complexity index is 588. The second-order valence-electron chi connectivity index (χ2n) is 9.05. The summed E-state index contributed by atoms with van der Waals surface area (Å²) in [5, 5.41) is 3.15. The lowest BCUT2D eigenvalue weighted by atomic mass is 9.96. The van der Waals surface area contributed by atoms with Crippen LogP contribution < -0.4 is 10.1 Å².